The lowest BCUT2D eigenvalue weighted by molar-refractivity contribution is -0.143. The average molecular weight is 376 g/mol. The number of Topliss-reactive ketones (excluding diaryl/α,β-unsaturated/α-hetero) is 1. The van der Waals surface area contributed by atoms with Crippen LogP contribution in [0.25, 0.3) is 0 Å². The van der Waals surface area contributed by atoms with E-state index in [1.807, 2.05) is 25.1 Å². The van der Waals surface area contributed by atoms with E-state index >= 15 is 0 Å². The molecule has 1 fully saturated rings. The van der Waals surface area contributed by atoms with E-state index < -0.39 is 5.97 Å². The van der Waals surface area contributed by atoms with Gasteiger partial charge in [0.2, 0.25) is 0 Å². The van der Waals surface area contributed by atoms with E-state index in [1.165, 1.54) is 0 Å². The van der Waals surface area contributed by atoms with Gasteiger partial charge in [0.05, 0.1) is 18.1 Å². The molecule has 0 amide bonds. The number of carboxylic acid groups (broad SMARTS) is 1. The molecule has 0 spiro atoms. The number of aliphatic carboxylic acids is 1. The SMILES string of the molecule is CCCOc1ccc(C(C)(C)C)cc1C(=O)CCN1CCC(C(=O)O)CC1. The molecule has 5 heteroatoms. The van der Waals surface area contributed by atoms with E-state index in [1.54, 1.807) is 0 Å². The van der Waals surface area contributed by atoms with Crippen LogP contribution in [0.3, 0.4) is 0 Å². The van der Waals surface area contributed by atoms with E-state index in [4.69, 9.17) is 9.84 Å². The first-order valence-electron chi connectivity index (χ1n) is 9.98. The number of benzene rings is 1. The van der Waals surface area contributed by atoms with Crippen LogP contribution in [0.5, 0.6) is 5.75 Å². The van der Waals surface area contributed by atoms with Crippen molar-refractivity contribution < 1.29 is 19.4 Å². The van der Waals surface area contributed by atoms with Crippen molar-refractivity contribution in [2.75, 3.05) is 26.2 Å². The maximum Gasteiger partial charge on any atom is 0.306 e. The van der Waals surface area contributed by atoms with Gasteiger partial charge in [0.15, 0.2) is 5.78 Å². The molecule has 1 N–H and O–H groups in total. The van der Waals surface area contributed by atoms with Crippen molar-refractivity contribution in [2.45, 2.75) is 58.8 Å². The molecule has 5 nitrogen and oxygen atoms in total. The Hall–Kier alpha value is -1.88. The quantitative estimate of drug-likeness (QED) is 0.692. The highest BCUT2D eigenvalue weighted by Gasteiger charge is 2.25. The van der Waals surface area contributed by atoms with Gasteiger partial charge in [0.1, 0.15) is 5.75 Å². The summed E-state index contributed by atoms with van der Waals surface area (Å²) < 4.78 is 5.81. The highest BCUT2D eigenvalue weighted by Crippen LogP contribution is 2.29. The second-order valence-corrected chi connectivity index (χ2v) is 8.44. The Labute approximate surface area is 162 Å². The number of ketones is 1. The first-order chi connectivity index (χ1) is 12.7. The fourth-order valence-electron chi connectivity index (χ4n) is 3.35. The van der Waals surface area contributed by atoms with E-state index in [0.29, 0.717) is 43.7 Å². The molecule has 2 rings (SSSR count). The molecular weight excluding hydrogens is 342 g/mol. The van der Waals surface area contributed by atoms with Crippen molar-refractivity contribution in [3.05, 3.63) is 29.3 Å². The third kappa shape index (κ3) is 6.06. The third-order valence-electron chi connectivity index (χ3n) is 5.20. The van der Waals surface area contributed by atoms with Crippen LogP contribution in [0.1, 0.15) is 69.3 Å². The van der Waals surface area contributed by atoms with Gasteiger partial charge in [-0.2, -0.15) is 0 Å². The topological polar surface area (TPSA) is 66.8 Å². The summed E-state index contributed by atoms with van der Waals surface area (Å²) in [6, 6.07) is 5.93. The van der Waals surface area contributed by atoms with Gasteiger partial charge in [-0.1, -0.05) is 33.8 Å². The molecule has 1 aromatic rings. The van der Waals surface area contributed by atoms with Crippen LogP contribution >= 0.6 is 0 Å². The number of carbonyl (C=O) groups is 2. The Morgan fingerprint density at radius 3 is 2.44 bits per heavy atom. The van der Waals surface area contributed by atoms with Crippen LogP contribution in [-0.4, -0.2) is 48.0 Å². The monoisotopic (exact) mass is 375 g/mol. The molecule has 1 heterocycles. The van der Waals surface area contributed by atoms with E-state index in [-0.39, 0.29) is 17.1 Å². The number of hydrogen-bond donors (Lipinski definition) is 1. The van der Waals surface area contributed by atoms with Crippen molar-refractivity contribution in [3.8, 4) is 5.75 Å². The zero-order valence-corrected chi connectivity index (χ0v) is 17.1. The van der Waals surface area contributed by atoms with Crippen molar-refractivity contribution >= 4 is 11.8 Å². The second kappa shape index (κ2) is 9.36. The number of carboxylic acids is 1. The Morgan fingerprint density at radius 2 is 1.89 bits per heavy atom. The average Bonchev–Trinajstić information content (AvgIpc) is 2.63. The van der Waals surface area contributed by atoms with Gasteiger partial charge in [-0.3, -0.25) is 9.59 Å². The highest BCUT2D eigenvalue weighted by atomic mass is 16.5. The Kier molecular flexibility index (Phi) is 7.42. The standard InChI is InChI=1S/C22H33NO4/c1-5-14-27-20-7-6-17(22(2,3)4)15-18(20)19(24)10-13-23-11-8-16(9-12-23)21(25)26/h6-7,15-16H,5,8-14H2,1-4H3,(H,25,26). The molecule has 0 radical (unpaired) electrons. The Bertz CT molecular complexity index is 655. The van der Waals surface area contributed by atoms with Gasteiger partial charge in [-0.15, -0.1) is 0 Å². The van der Waals surface area contributed by atoms with Crippen LogP contribution in [0.15, 0.2) is 18.2 Å². The van der Waals surface area contributed by atoms with Gasteiger partial charge in [0.25, 0.3) is 0 Å². The molecule has 0 saturated carbocycles. The third-order valence-corrected chi connectivity index (χ3v) is 5.20. The highest BCUT2D eigenvalue weighted by molar-refractivity contribution is 5.99. The molecule has 1 aromatic carbocycles. The van der Waals surface area contributed by atoms with Crippen LogP contribution in [0, 0.1) is 5.92 Å². The minimum atomic E-state index is -0.706. The van der Waals surface area contributed by atoms with Gasteiger partial charge in [-0.25, -0.2) is 0 Å². The first-order valence-corrected chi connectivity index (χ1v) is 9.98. The van der Waals surface area contributed by atoms with Crippen molar-refractivity contribution in [2.24, 2.45) is 5.92 Å². The summed E-state index contributed by atoms with van der Waals surface area (Å²) in [4.78, 5) is 26.2. The molecule has 0 unspecified atom stereocenters. The molecule has 0 bridgehead atoms. The minimum Gasteiger partial charge on any atom is -0.493 e. The summed E-state index contributed by atoms with van der Waals surface area (Å²) in [5.74, 6) is -0.191. The molecule has 0 aliphatic carbocycles. The molecule has 27 heavy (non-hydrogen) atoms. The smallest absolute Gasteiger partial charge is 0.306 e. The molecular formula is C22H33NO4. The number of nitrogens with zero attached hydrogens (tertiary/aromatic N) is 1. The predicted molar refractivity (Wildman–Crippen MR) is 107 cm³/mol. The maximum absolute atomic E-state index is 12.9. The second-order valence-electron chi connectivity index (χ2n) is 8.44. The number of carbonyl (C=O) groups excluding carboxylic acids is 1. The normalized spacial score (nSPS) is 16.3. The van der Waals surface area contributed by atoms with Crippen LogP contribution < -0.4 is 4.74 Å². The van der Waals surface area contributed by atoms with Crippen molar-refractivity contribution in [1.82, 2.24) is 4.90 Å². The first kappa shape index (κ1) is 21.4. The number of rotatable bonds is 8. The summed E-state index contributed by atoms with van der Waals surface area (Å²) >= 11 is 0. The lowest BCUT2D eigenvalue weighted by atomic mass is 9.85. The molecule has 1 saturated heterocycles. The van der Waals surface area contributed by atoms with Crippen LogP contribution in [-0.2, 0) is 10.2 Å². The Balaban J connectivity index is 2.04. The maximum atomic E-state index is 12.9. The predicted octanol–water partition coefficient (Wildman–Crippen LogP) is 4.14. The van der Waals surface area contributed by atoms with Gasteiger partial charge < -0.3 is 14.7 Å². The number of ether oxygens (including phenoxy) is 1. The molecule has 1 aliphatic heterocycles. The minimum absolute atomic E-state index is 0.0307. The summed E-state index contributed by atoms with van der Waals surface area (Å²) in [6.07, 6.45) is 2.64. The lowest BCUT2D eigenvalue weighted by Crippen LogP contribution is -2.37. The summed E-state index contributed by atoms with van der Waals surface area (Å²) in [5, 5.41) is 9.10. The summed E-state index contributed by atoms with van der Waals surface area (Å²) in [5.41, 5.74) is 1.75. The van der Waals surface area contributed by atoms with E-state index in [2.05, 4.69) is 25.7 Å². The summed E-state index contributed by atoms with van der Waals surface area (Å²) in [7, 11) is 0. The van der Waals surface area contributed by atoms with E-state index in [0.717, 1.165) is 25.1 Å². The zero-order chi connectivity index (χ0) is 20.0. The van der Waals surface area contributed by atoms with Crippen LogP contribution in [0.2, 0.25) is 0 Å². The van der Waals surface area contributed by atoms with Crippen molar-refractivity contribution in [3.63, 3.8) is 0 Å². The van der Waals surface area contributed by atoms with Gasteiger partial charge in [-0.05, 0) is 55.5 Å². The van der Waals surface area contributed by atoms with Crippen molar-refractivity contribution in [1.29, 1.82) is 0 Å². The van der Waals surface area contributed by atoms with Gasteiger partial charge >= 0.3 is 5.97 Å². The zero-order valence-electron chi connectivity index (χ0n) is 17.1. The number of likely N-dealkylation sites (tertiary alicyclic amines) is 1. The lowest BCUT2D eigenvalue weighted by Gasteiger charge is -2.29. The molecule has 1 aliphatic rings. The van der Waals surface area contributed by atoms with E-state index in [9.17, 15) is 9.59 Å². The fourth-order valence-corrected chi connectivity index (χ4v) is 3.35. The fraction of sp³-hybridized carbons (Fsp3) is 0.636. The number of hydrogen-bond acceptors (Lipinski definition) is 4. The molecule has 0 atom stereocenters. The largest absolute Gasteiger partial charge is 0.493 e. The Morgan fingerprint density at radius 1 is 1.22 bits per heavy atom. The molecule has 0 aromatic heterocycles. The van der Waals surface area contributed by atoms with Gasteiger partial charge in [0, 0.05) is 13.0 Å². The van der Waals surface area contributed by atoms with Crippen LogP contribution in [0.4, 0.5) is 0 Å². The summed E-state index contributed by atoms with van der Waals surface area (Å²) in [6.45, 7) is 11.2. The molecule has 150 valence electrons. The number of piperidine rings is 1.